The number of hydrogen-bond acceptors (Lipinski definition) is 16. The highest BCUT2D eigenvalue weighted by molar-refractivity contribution is 8.13. The van der Waals surface area contributed by atoms with Crippen molar-refractivity contribution in [3.8, 4) is 0 Å². The van der Waals surface area contributed by atoms with Crippen molar-refractivity contribution in [3.63, 3.8) is 0 Å². The topological polar surface area (TPSA) is 234 Å². The molecule has 2 saturated carbocycles. The van der Waals surface area contributed by atoms with Crippen LogP contribution in [-0.4, -0.2) is 110 Å². The van der Waals surface area contributed by atoms with E-state index in [0.717, 1.165) is 38.5 Å². The van der Waals surface area contributed by atoms with E-state index in [-0.39, 0.29) is 35.5 Å². The second kappa shape index (κ2) is 17.1. The van der Waals surface area contributed by atoms with Crippen molar-refractivity contribution in [2.75, 3.05) is 12.4 Å². The fraction of sp³-hybridized carbons (Fsp3) is 0.581. The fourth-order valence-corrected chi connectivity index (χ4v) is 10.4. The number of rotatable bonds is 12. The third kappa shape index (κ3) is 7.67. The Labute approximate surface area is 351 Å². The number of furan rings is 1. The summed E-state index contributed by atoms with van der Waals surface area (Å²) in [5.74, 6) is -5.74. The maximum atomic E-state index is 15.4. The summed E-state index contributed by atoms with van der Waals surface area (Å²) in [6.07, 6.45) is -7.64. The molecule has 3 aliphatic carbocycles. The Morgan fingerprint density at radius 2 is 1.70 bits per heavy atom. The quantitative estimate of drug-likeness (QED) is 0.102. The Morgan fingerprint density at radius 1 is 1.00 bits per heavy atom. The molecule has 0 radical (unpaired) electrons. The van der Waals surface area contributed by atoms with Crippen molar-refractivity contribution in [2.24, 2.45) is 16.7 Å². The molecule has 326 valence electrons. The number of carbonyl (C=O) groups is 6. The number of carbonyl (C=O) groups excluding carboxylic acids is 6. The van der Waals surface area contributed by atoms with E-state index in [2.05, 4.69) is 5.32 Å². The average Bonchev–Trinajstić information content (AvgIpc) is 3.73. The molecule has 2 unspecified atom stereocenters. The third-order valence-corrected chi connectivity index (χ3v) is 13.7. The van der Waals surface area contributed by atoms with Crippen molar-refractivity contribution in [1.82, 2.24) is 5.32 Å². The monoisotopic (exact) mass is 855 g/mol. The summed E-state index contributed by atoms with van der Waals surface area (Å²) in [5, 5.41) is 39.3. The van der Waals surface area contributed by atoms with Crippen molar-refractivity contribution in [1.29, 1.82) is 0 Å². The Hall–Kier alpha value is -4.55. The van der Waals surface area contributed by atoms with Gasteiger partial charge in [-0.1, -0.05) is 57.2 Å². The number of ether oxygens (including phenoxy) is 5. The maximum absolute atomic E-state index is 15.4. The molecule has 1 aromatic heterocycles. The number of esters is 4. The van der Waals surface area contributed by atoms with E-state index in [0.29, 0.717) is 5.75 Å². The van der Waals surface area contributed by atoms with Gasteiger partial charge in [-0.25, -0.2) is 9.59 Å². The van der Waals surface area contributed by atoms with Gasteiger partial charge in [0.05, 0.1) is 35.9 Å². The molecule has 2 bridgehead atoms. The number of Topliss-reactive ketones (excluding diaryl/α,β-unsaturated/α-hetero) is 1. The van der Waals surface area contributed by atoms with Gasteiger partial charge in [-0.15, -0.1) is 0 Å². The van der Waals surface area contributed by atoms with E-state index in [1.165, 1.54) is 44.4 Å². The standard InChI is InChI=1S/C43H53NO15S/c1-8-9-18-60-39(52)44-31(26-16-13-17-54-26)32(48)38(51)57-27-20-43(53)36(58-37(50)25-14-11-10-12-15-25)34-41(7,28(47)19-29-42(34,21-55-29)59-24(4)46)35(49)33(56-23(3)45)30(22(27)2)40(43,5)6/h10-17,27-29,31-34,36,47-48,53H,8-9,18-21H2,1-7H3,(H,44,52)/t27-,28-,29?,31-,32+,33+,34-,36-,41+,42-,43?/m0/s1. The molecule has 4 aliphatic rings. The highest BCUT2D eigenvalue weighted by Crippen LogP contribution is 2.64. The van der Waals surface area contributed by atoms with Crippen LogP contribution in [0.15, 0.2) is 64.3 Å². The van der Waals surface area contributed by atoms with Gasteiger partial charge in [0.1, 0.15) is 35.7 Å². The van der Waals surface area contributed by atoms with Crippen LogP contribution in [0.5, 0.6) is 0 Å². The summed E-state index contributed by atoms with van der Waals surface area (Å²) < 4.78 is 35.6. The normalized spacial score (nSPS) is 32.7. The van der Waals surface area contributed by atoms with Gasteiger partial charge in [-0.2, -0.15) is 0 Å². The molecule has 3 fully saturated rings. The zero-order valence-electron chi connectivity index (χ0n) is 34.6. The number of benzene rings is 1. The number of ketones is 1. The van der Waals surface area contributed by atoms with E-state index in [1.807, 2.05) is 6.92 Å². The van der Waals surface area contributed by atoms with Crippen LogP contribution < -0.4 is 5.32 Å². The van der Waals surface area contributed by atoms with Crippen molar-refractivity contribution >= 4 is 46.7 Å². The van der Waals surface area contributed by atoms with Crippen LogP contribution in [0, 0.1) is 16.7 Å². The zero-order chi connectivity index (χ0) is 43.9. The molecule has 2 heterocycles. The molecule has 1 aromatic carbocycles. The Morgan fingerprint density at radius 3 is 2.28 bits per heavy atom. The van der Waals surface area contributed by atoms with Crippen LogP contribution in [0.25, 0.3) is 0 Å². The second-order valence-electron chi connectivity index (χ2n) is 16.8. The molecule has 1 amide bonds. The van der Waals surface area contributed by atoms with E-state index in [1.54, 1.807) is 32.0 Å². The predicted octanol–water partition coefficient (Wildman–Crippen LogP) is 4.14. The summed E-state index contributed by atoms with van der Waals surface area (Å²) in [4.78, 5) is 82.6. The second-order valence-corrected chi connectivity index (χ2v) is 17.8. The molecule has 17 heteroatoms. The highest BCUT2D eigenvalue weighted by Gasteiger charge is 2.78. The molecular formula is C43H53NO15S. The minimum Gasteiger partial charge on any atom is -0.467 e. The summed E-state index contributed by atoms with van der Waals surface area (Å²) >= 11 is 0.964. The van der Waals surface area contributed by atoms with Crippen LogP contribution in [0.3, 0.4) is 0 Å². The first-order valence-electron chi connectivity index (χ1n) is 20.0. The Balaban J connectivity index is 1.52. The van der Waals surface area contributed by atoms with Gasteiger partial charge in [-0.05, 0) is 55.7 Å². The SMILES string of the molecule is CCCCSC(=O)N[C@@H](c1ccco1)[C@@H](O)C(=O)O[C@H]1CC2(O)[C@@H](OC(=O)c3ccccc3)[C@H]3[C@](C)(C(=O)[C@H](OC(C)=O)C(=C1C)C2(C)C)[C@@H](O)CC1OC[C@]13OC(C)=O. The minimum atomic E-state index is -2.39. The van der Waals surface area contributed by atoms with E-state index >= 15 is 4.79 Å². The largest absolute Gasteiger partial charge is 0.467 e. The lowest BCUT2D eigenvalue weighted by molar-refractivity contribution is -0.346. The number of unbranched alkanes of at least 4 members (excludes halogenated alkanes) is 1. The van der Waals surface area contributed by atoms with Gasteiger partial charge < -0.3 is 48.7 Å². The first-order valence-corrected chi connectivity index (χ1v) is 21.0. The molecule has 2 aromatic rings. The molecule has 1 saturated heterocycles. The summed E-state index contributed by atoms with van der Waals surface area (Å²) in [7, 11) is 0. The predicted molar refractivity (Wildman–Crippen MR) is 212 cm³/mol. The van der Waals surface area contributed by atoms with Gasteiger partial charge in [0, 0.05) is 37.9 Å². The minimum absolute atomic E-state index is 0.00638. The number of hydrogen-bond donors (Lipinski definition) is 4. The average molecular weight is 856 g/mol. The van der Waals surface area contributed by atoms with Crippen LogP contribution in [0.4, 0.5) is 4.79 Å². The molecular weight excluding hydrogens is 803 g/mol. The molecule has 6 rings (SSSR count). The van der Waals surface area contributed by atoms with Crippen LogP contribution >= 0.6 is 11.8 Å². The van der Waals surface area contributed by atoms with Gasteiger partial charge >= 0.3 is 23.9 Å². The summed E-state index contributed by atoms with van der Waals surface area (Å²) in [6, 6.07) is 9.39. The van der Waals surface area contributed by atoms with Gasteiger partial charge in [0.2, 0.25) is 0 Å². The number of aliphatic hydroxyl groups is 3. The van der Waals surface area contributed by atoms with E-state index in [4.69, 9.17) is 28.1 Å². The lowest BCUT2D eigenvalue weighted by Crippen LogP contribution is -2.82. The number of amides is 1. The summed E-state index contributed by atoms with van der Waals surface area (Å²) in [6.45, 7) is 9.91. The molecule has 4 N–H and O–H groups in total. The van der Waals surface area contributed by atoms with Crippen molar-refractivity contribution in [3.05, 3.63) is 71.2 Å². The van der Waals surface area contributed by atoms with Gasteiger partial charge in [0.15, 0.2) is 23.6 Å². The van der Waals surface area contributed by atoms with E-state index < -0.39 is 112 Å². The van der Waals surface area contributed by atoms with Crippen LogP contribution in [0.2, 0.25) is 0 Å². The first-order chi connectivity index (χ1) is 28.2. The molecule has 1 aliphatic heterocycles. The lowest BCUT2D eigenvalue weighted by atomic mass is 9.44. The van der Waals surface area contributed by atoms with Gasteiger partial charge in [0.25, 0.3) is 5.24 Å². The number of nitrogens with one attached hydrogen (secondary N) is 1. The third-order valence-electron chi connectivity index (χ3n) is 12.9. The Kier molecular flexibility index (Phi) is 12.8. The van der Waals surface area contributed by atoms with Crippen molar-refractivity contribution in [2.45, 2.75) is 128 Å². The lowest BCUT2D eigenvalue weighted by Gasteiger charge is -2.67. The highest BCUT2D eigenvalue weighted by atomic mass is 32.2. The molecule has 11 atom stereocenters. The van der Waals surface area contributed by atoms with E-state index in [9.17, 15) is 39.3 Å². The maximum Gasteiger partial charge on any atom is 0.338 e. The molecule has 16 nitrogen and oxygen atoms in total. The smallest absolute Gasteiger partial charge is 0.338 e. The number of aliphatic hydroxyl groups excluding tert-OH is 2. The van der Waals surface area contributed by atoms with Crippen LogP contribution in [0.1, 0.15) is 96.3 Å². The molecule has 60 heavy (non-hydrogen) atoms. The van der Waals surface area contributed by atoms with Crippen LogP contribution in [-0.2, 0) is 42.9 Å². The van der Waals surface area contributed by atoms with Crippen molar-refractivity contribution < 1.29 is 72.2 Å². The number of fused-ring (bicyclic) bond motifs is 5. The number of thioether (sulfide) groups is 1. The van der Waals surface area contributed by atoms with Gasteiger partial charge in [-0.3, -0.25) is 19.2 Å². The summed E-state index contributed by atoms with van der Waals surface area (Å²) in [5.41, 5.74) is -7.63. The Bertz CT molecular complexity index is 2020. The molecule has 0 spiro atoms. The first kappa shape index (κ1) is 45.0. The fourth-order valence-electron chi connectivity index (χ4n) is 9.62. The zero-order valence-corrected chi connectivity index (χ0v) is 35.4.